The van der Waals surface area contributed by atoms with E-state index in [1.807, 2.05) is 31.2 Å². The molecule has 1 aromatic rings. The molecule has 2 amide bonds. The van der Waals surface area contributed by atoms with Crippen molar-refractivity contribution in [2.45, 2.75) is 32.4 Å². The summed E-state index contributed by atoms with van der Waals surface area (Å²) in [5, 5.41) is 6.60. The number of rotatable bonds is 6. The molecule has 0 saturated heterocycles. The Morgan fingerprint density at radius 1 is 1.36 bits per heavy atom. The molecule has 4 nitrogen and oxygen atoms in total. The molecule has 0 spiro atoms. The summed E-state index contributed by atoms with van der Waals surface area (Å²) in [7, 11) is -0.923. The van der Waals surface area contributed by atoms with Crippen LogP contribution in [0, 0.1) is 11.8 Å². The third-order valence-electron chi connectivity index (χ3n) is 3.98. The van der Waals surface area contributed by atoms with Gasteiger partial charge in [-0.3, -0.25) is 4.21 Å². The highest BCUT2D eigenvalue weighted by Gasteiger charge is 2.41. The number of hydrogen-bond acceptors (Lipinski definition) is 2. The zero-order chi connectivity index (χ0) is 16.3. The van der Waals surface area contributed by atoms with Gasteiger partial charge in [0.2, 0.25) is 0 Å². The smallest absolute Gasteiger partial charge is 0.315 e. The Morgan fingerprint density at radius 2 is 1.95 bits per heavy atom. The van der Waals surface area contributed by atoms with E-state index in [1.54, 1.807) is 6.26 Å². The highest BCUT2D eigenvalue weighted by Crippen LogP contribution is 2.47. The van der Waals surface area contributed by atoms with Crippen LogP contribution in [0.15, 0.2) is 24.3 Å². The molecule has 1 aliphatic carbocycles. The summed E-state index contributed by atoms with van der Waals surface area (Å²) in [6.07, 6.45) is 2.75. The number of urea groups is 1. The van der Waals surface area contributed by atoms with Gasteiger partial charge >= 0.3 is 6.03 Å². The maximum Gasteiger partial charge on any atom is 0.315 e. The van der Waals surface area contributed by atoms with Crippen LogP contribution < -0.4 is 10.6 Å². The van der Waals surface area contributed by atoms with E-state index in [0.29, 0.717) is 22.6 Å². The van der Waals surface area contributed by atoms with Gasteiger partial charge in [0, 0.05) is 33.9 Å². The monoisotopic (exact) mass is 342 g/mol. The summed E-state index contributed by atoms with van der Waals surface area (Å²) in [5.41, 5.74) is 1.07. The third kappa shape index (κ3) is 4.99. The fourth-order valence-corrected chi connectivity index (χ4v) is 3.64. The minimum absolute atomic E-state index is 0.00779. The lowest BCUT2D eigenvalue weighted by Gasteiger charge is -2.21. The predicted molar refractivity (Wildman–Crippen MR) is 91.5 cm³/mol. The molecule has 6 heteroatoms. The normalized spacial score (nSPS) is 24.2. The van der Waals surface area contributed by atoms with Crippen LogP contribution in [-0.4, -0.2) is 28.3 Å². The van der Waals surface area contributed by atoms with Gasteiger partial charge in [0.25, 0.3) is 0 Å². The van der Waals surface area contributed by atoms with Crippen molar-refractivity contribution in [2.75, 3.05) is 12.0 Å². The number of hydrogen-bond donors (Lipinski definition) is 2. The molecule has 0 aromatic heterocycles. The molecule has 1 fully saturated rings. The van der Waals surface area contributed by atoms with E-state index in [0.717, 1.165) is 12.0 Å². The first-order valence-electron chi connectivity index (χ1n) is 7.49. The van der Waals surface area contributed by atoms with Gasteiger partial charge in [0.15, 0.2) is 0 Å². The molecule has 0 heterocycles. The SMILES string of the molecule is C[C@H](C[S@@](C)=O)NC(=O)N[C@H](c1ccc(Cl)cc1)[C@@H]1C[C@@H]1C. The van der Waals surface area contributed by atoms with Crippen molar-refractivity contribution in [3.63, 3.8) is 0 Å². The first-order chi connectivity index (χ1) is 10.4. The molecule has 122 valence electrons. The van der Waals surface area contributed by atoms with E-state index in [-0.39, 0.29) is 18.1 Å². The van der Waals surface area contributed by atoms with E-state index in [9.17, 15) is 9.00 Å². The van der Waals surface area contributed by atoms with Crippen LogP contribution in [0.25, 0.3) is 0 Å². The molecule has 0 bridgehead atoms. The van der Waals surface area contributed by atoms with Crippen LogP contribution in [-0.2, 0) is 10.8 Å². The number of carbonyl (C=O) groups excluding carboxylic acids is 1. The number of halogens is 1. The largest absolute Gasteiger partial charge is 0.335 e. The van der Waals surface area contributed by atoms with Crippen molar-refractivity contribution >= 4 is 28.4 Å². The van der Waals surface area contributed by atoms with Crippen LogP contribution >= 0.6 is 11.6 Å². The molecule has 22 heavy (non-hydrogen) atoms. The lowest BCUT2D eigenvalue weighted by molar-refractivity contribution is 0.233. The quantitative estimate of drug-likeness (QED) is 0.834. The second-order valence-corrected chi connectivity index (χ2v) is 8.08. The van der Waals surface area contributed by atoms with E-state index < -0.39 is 10.8 Å². The Kier molecular flexibility index (Phi) is 5.87. The van der Waals surface area contributed by atoms with Crippen LogP contribution in [0.5, 0.6) is 0 Å². The Labute approximate surface area is 139 Å². The predicted octanol–water partition coefficient (Wildman–Crippen LogP) is 3.10. The van der Waals surface area contributed by atoms with Gasteiger partial charge in [-0.15, -0.1) is 0 Å². The molecular formula is C16H23ClN2O2S. The number of carbonyl (C=O) groups is 1. The van der Waals surface area contributed by atoms with Crippen molar-refractivity contribution in [3.05, 3.63) is 34.9 Å². The number of benzene rings is 1. The zero-order valence-corrected chi connectivity index (χ0v) is 14.7. The molecule has 1 aromatic carbocycles. The number of amides is 2. The van der Waals surface area contributed by atoms with E-state index in [1.165, 1.54) is 0 Å². The maximum absolute atomic E-state index is 12.2. The zero-order valence-electron chi connectivity index (χ0n) is 13.1. The van der Waals surface area contributed by atoms with Crippen molar-refractivity contribution in [2.24, 2.45) is 11.8 Å². The van der Waals surface area contributed by atoms with Crippen molar-refractivity contribution in [3.8, 4) is 0 Å². The topological polar surface area (TPSA) is 58.2 Å². The summed E-state index contributed by atoms with van der Waals surface area (Å²) in [4.78, 5) is 12.2. The Balaban J connectivity index is 2.00. The summed E-state index contributed by atoms with van der Waals surface area (Å²) in [5.74, 6) is 1.53. The van der Waals surface area contributed by atoms with Crippen LogP contribution in [0.4, 0.5) is 4.79 Å². The molecular weight excluding hydrogens is 320 g/mol. The van der Waals surface area contributed by atoms with E-state index in [2.05, 4.69) is 17.6 Å². The Morgan fingerprint density at radius 3 is 2.45 bits per heavy atom. The van der Waals surface area contributed by atoms with Gasteiger partial charge in [0.05, 0.1) is 6.04 Å². The molecule has 5 atom stereocenters. The van der Waals surface area contributed by atoms with E-state index in [4.69, 9.17) is 11.6 Å². The van der Waals surface area contributed by atoms with Crippen molar-refractivity contribution < 1.29 is 9.00 Å². The molecule has 1 aliphatic rings. The summed E-state index contributed by atoms with van der Waals surface area (Å²) >= 11 is 5.93. The van der Waals surface area contributed by atoms with Crippen LogP contribution in [0.3, 0.4) is 0 Å². The van der Waals surface area contributed by atoms with E-state index >= 15 is 0 Å². The fourth-order valence-electron chi connectivity index (χ4n) is 2.72. The lowest BCUT2D eigenvalue weighted by atomic mass is 10.0. The van der Waals surface area contributed by atoms with Gasteiger partial charge in [-0.05, 0) is 42.9 Å². The van der Waals surface area contributed by atoms with Gasteiger partial charge in [0.1, 0.15) is 0 Å². The minimum Gasteiger partial charge on any atom is -0.335 e. The fraction of sp³-hybridized carbons (Fsp3) is 0.562. The molecule has 0 unspecified atom stereocenters. The van der Waals surface area contributed by atoms with Crippen LogP contribution in [0.1, 0.15) is 31.9 Å². The lowest BCUT2D eigenvalue weighted by Crippen LogP contribution is -2.44. The highest BCUT2D eigenvalue weighted by molar-refractivity contribution is 7.84. The van der Waals surface area contributed by atoms with Gasteiger partial charge in [-0.1, -0.05) is 30.7 Å². The summed E-state index contributed by atoms with van der Waals surface area (Å²) in [6, 6.07) is 7.28. The molecule has 1 saturated carbocycles. The first kappa shape index (κ1) is 17.3. The van der Waals surface area contributed by atoms with Crippen molar-refractivity contribution in [1.29, 1.82) is 0 Å². The Bertz CT molecular complexity index is 550. The molecule has 2 rings (SSSR count). The third-order valence-corrected chi connectivity index (χ3v) is 5.20. The number of nitrogens with one attached hydrogen (secondary N) is 2. The molecule has 0 aliphatic heterocycles. The maximum atomic E-state index is 12.2. The van der Waals surface area contributed by atoms with Gasteiger partial charge in [-0.2, -0.15) is 0 Å². The second kappa shape index (κ2) is 7.47. The second-order valence-electron chi connectivity index (χ2n) is 6.16. The highest BCUT2D eigenvalue weighted by atomic mass is 35.5. The standard InChI is InChI=1S/C16H23ClN2O2S/c1-10-8-14(10)15(12-4-6-13(17)7-5-12)19-16(20)18-11(2)9-22(3)21/h4-7,10-11,14-15H,8-9H2,1-3H3,(H2,18,19,20)/t10-,11+,14+,15+,22+/m0/s1. The average molecular weight is 343 g/mol. The summed E-state index contributed by atoms with van der Waals surface area (Å²) < 4.78 is 11.2. The minimum atomic E-state index is -0.923. The van der Waals surface area contributed by atoms with Gasteiger partial charge in [-0.25, -0.2) is 4.79 Å². The average Bonchev–Trinajstić information content (AvgIpc) is 3.13. The summed E-state index contributed by atoms with van der Waals surface area (Å²) in [6.45, 7) is 4.05. The van der Waals surface area contributed by atoms with Gasteiger partial charge < -0.3 is 10.6 Å². The van der Waals surface area contributed by atoms with Crippen LogP contribution in [0.2, 0.25) is 5.02 Å². The first-order valence-corrected chi connectivity index (χ1v) is 9.60. The molecule has 0 radical (unpaired) electrons. The Hall–Kier alpha value is -1.07. The molecule has 2 N–H and O–H groups in total. The van der Waals surface area contributed by atoms with Crippen molar-refractivity contribution in [1.82, 2.24) is 10.6 Å².